The Bertz CT molecular complexity index is 86.1. The molecule has 0 aromatic rings. The molecule has 0 rings (SSSR count). The zero-order chi connectivity index (χ0) is 6.57. The maximum Gasteiger partial charge on any atom is 0.291 e. The van der Waals surface area contributed by atoms with Crippen LogP contribution in [-0.2, 0) is 0 Å². The minimum absolute atomic E-state index is 0.352. The van der Waals surface area contributed by atoms with E-state index in [2.05, 4.69) is 0 Å². The van der Waals surface area contributed by atoms with Crippen LogP contribution >= 0.6 is 11.9 Å². The van der Waals surface area contributed by atoms with Gasteiger partial charge in [-0.2, -0.15) is 0 Å². The Balaban J connectivity index is 3.24. The van der Waals surface area contributed by atoms with E-state index in [1.54, 1.807) is 4.31 Å². The molecule has 0 heterocycles. The molecule has 4 heteroatoms. The molecular formula is C4H10N2OS. The molecule has 0 aliphatic carbocycles. The van der Waals surface area contributed by atoms with Gasteiger partial charge in [0.2, 0.25) is 0 Å². The summed E-state index contributed by atoms with van der Waals surface area (Å²) in [5.74, 6) is 0. The third-order valence-corrected chi connectivity index (χ3v) is 1.44. The Morgan fingerprint density at radius 1 is 1.88 bits per heavy atom. The van der Waals surface area contributed by atoms with Gasteiger partial charge in [0.05, 0.1) is 0 Å². The highest BCUT2D eigenvalue weighted by Gasteiger charge is 1.97. The number of carbonyl (C=O) groups is 1. The zero-order valence-corrected chi connectivity index (χ0v) is 5.86. The van der Waals surface area contributed by atoms with Gasteiger partial charge in [0.15, 0.2) is 0 Å². The Kier molecular flexibility index (Phi) is 3.64. The van der Waals surface area contributed by atoms with E-state index >= 15 is 0 Å². The fourth-order valence-electron chi connectivity index (χ4n) is 0.218. The number of hydrogen-bond donors (Lipinski definition) is 1. The van der Waals surface area contributed by atoms with Crippen molar-refractivity contribution in [2.24, 2.45) is 5.73 Å². The van der Waals surface area contributed by atoms with Crippen LogP contribution in [0.3, 0.4) is 0 Å². The van der Waals surface area contributed by atoms with Gasteiger partial charge >= 0.3 is 0 Å². The van der Waals surface area contributed by atoms with Crippen LogP contribution in [0.15, 0.2) is 0 Å². The van der Waals surface area contributed by atoms with Crippen LogP contribution in [-0.4, -0.2) is 23.1 Å². The van der Waals surface area contributed by atoms with Crippen LogP contribution in [0.5, 0.6) is 0 Å². The Hall–Kier alpha value is -0.220. The van der Waals surface area contributed by atoms with Gasteiger partial charge in [0.25, 0.3) is 5.24 Å². The monoisotopic (exact) mass is 134 g/mol. The summed E-state index contributed by atoms with van der Waals surface area (Å²) in [6.07, 6.45) is 0. The molecule has 0 aliphatic heterocycles. The van der Waals surface area contributed by atoms with Crippen molar-refractivity contribution < 1.29 is 4.79 Å². The lowest BCUT2D eigenvalue weighted by molar-refractivity contribution is 0.266. The van der Waals surface area contributed by atoms with Crippen molar-refractivity contribution in [1.29, 1.82) is 0 Å². The largest absolute Gasteiger partial charge is 0.359 e. The molecular weight excluding hydrogens is 124 g/mol. The highest BCUT2D eigenvalue weighted by atomic mass is 32.2. The van der Waals surface area contributed by atoms with Crippen LogP contribution in [0, 0.1) is 0 Å². The number of amides is 1. The number of primary amides is 1. The molecule has 0 radical (unpaired) electrons. The lowest BCUT2D eigenvalue weighted by Crippen LogP contribution is -2.15. The van der Waals surface area contributed by atoms with Crippen molar-refractivity contribution >= 4 is 17.2 Å². The molecule has 0 unspecified atom stereocenters. The lowest BCUT2D eigenvalue weighted by atomic mass is 10.8. The molecule has 3 nitrogen and oxygen atoms in total. The minimum Gasteiger partial charge on any atom is -0.359 e. The normalized spacial score (nSPS) is 9.88. The molecule has 48 valence electrons. The second kappa shape index (κ2) is 3.74. The van der Waals surface area contributed by atoms with E-state index in [1.165, 1.54) is 0 Å². The highest BCUT2D eigenvalue weighted by Crippen LogP contribution is 2.03. The first-order valence-electron chi connectivity index (χ1n) is 2.35. The lowest BCUT2D eigenvalue weighted by Gasteiger charge is -2.07. The average Bonchev–Trinajstić information content (AvgIpc) is 1.65. The predicted molar refractivity (Wildman–Crippen MR) is 35.5 cm³/mol. The van der Waals surface area contributed by atoms with Crippen LogP contribution in [0.4, 0.5) is 4.79 Å². The quantitative estimate of drug-likeness (QED) is 0.564. The molecule has 1 amide bonds. The van der Waals surface area contributed by atoms with Gasteiger partial charge in [-0.1, -0.05) is 6.92 Å². The Labute approximate surface area is 53.4 Å². The Morgan fingerprint density at radius 3 is 2.50 bits per heavy atom. The SMILES string of the molecule is CCN(C)SC(N)=O. The highest BCUT2D eigenvalue weighted by molar-refractivity contribution is 8.11. The van der Waals surface area contributed by atoms with E-state index in [0.717, 1.165) is 18.5 Å². The topological polar surface area (TPSA) is 46.3 Å². The van der Waals surface area contributed by atoms with E-state index in [1.807, 2.05) is 14.0 Å². The molecule has 0 atom stereocenters. The molecule has 8 heavy (non-hydrogen) atoms. The first-order valence-corrected chi connectivity index (χ1v) is 3.12. The smallest absolute Gasteiger partial charge is 0.291 e. The van der Waals surface area contributed by atoms with Crippen molar-refractivity contribution in [3.05, 3.63) is 0 Å². The number of carbonyl (C=O) groups excluding carboxylic acids is 1. The number of nitrogens with zero attached hydrogens (tertiary/aromatic N) is 1. The first kappa shape index (κ1) is 7.78. The van der Waals surface area contributed by atoms with E-state index in [4.69, 9.17) is 5.73 Å². The van der Waals surface area contributed by atoms with Gasteiger partial charge in [-0.3, -0.25) is 4.79 Å². The van der Waals surface area contributed by atoms with Gasteiger partial charge < -0.3 is 5.73 Å². The second-order valence-electron chi connectivity index (χ2n) is 1.35. The minimum atomic E-state index is -0.352. The summed E-state index contributed by atoms with van der Waals surface area (Å²) in [5, 5.41) is -0.352. The standard InChI is InChI=1S/C4H10N2OS/c1-3-6(2)8-4(5)7/h3H2,1-2H3,(H2,5,7). The first-order chi connectivity index (χ1) is 3.66. The third-order valence-electron chi connectivity index (χ3n) is 0.691. The van der Waals surface area contributed by atoms with Crippen molar-refractivity contribution in [3.63, 3.8) is 0 Å². The summed E-state index contributed by atoms with van der Waals surface area (Å²) in [5.41, 5.74) is 4.85. The van der Waals surface area contributed by atoms with E-state index in [0.29, 0.717) is 0 Å². The summed E-state index contributed by atoms with van der Waals surface area (Å²) in [6.45, 7) is 2.78. The van der Waals surface area contributed by atoms with Gasteiger partial charge in [-0.05, 0) is 7.05 Å². The van der Waals surface area contributed by atoms with Crippen molar-refractivity contribution in [2.75, 3.05) is 13.6 Å². The van der Waals surface area contributed by atoms with Crippen molar-refractivity contribution in [2.45, 2.75) is 6.92 Å². The second-order valence-corrected chi connectivity index (χ2v) is 2.56. The van der Waals surface area contributed by atoms with Gasteiger partial charge in [0, 0.05) is 18.5 Å². The fourth-order valence-corrected chi connectivity index (χ4v) is 0.654. The molecule has 0 saturated carbocycles. The third kappa shape index (κ3) is 3.95. The summed E-state index contributed by atoms with van der Waals surface area (Å²) < 4.78 is 1.77. The molecule has 0 aliphatic rings. The van der Waals surface area contributed by atoms with Crippen molar-refractivity contribution in [3.8, 4) is 0 Å². The van der Waals surface area contributed by atoms with E-state index in [-0.39, 0.29) is 5.24 Å². The molecule has 2 N–H and O–H groups in total. The van der Waals surface area contributed by atoms with Crippen LogP contribution < -0.4 is 5.73 Å². The Morgan fingerprint density at radius 2 is 2.38 bits per heavy atom. The zero-order valence-electron chi connectivity index (χ0n) is 5.05. The van der Waals surface area contributed by atoms with E-state index < -0.39 is 0 Å². The summed E-state index contributed by atoms with van der Waals surface area (Å²) in [7, 11) is 1.81. The van der Waals surface area contributed by atoms with Gasteiger partial charge in [-0.25, -0.2) is 4.31 Å². The van der Waals surface area contributed by atoms with E-state index in [9.17, 15) is 4.79 Å². The number of hydrogen-bond acceptors (Lipinski definition) is 3. The van der Waals surface area contributed by atoms with Crippen LogP contribution in [0.1, 0.15) is 6.92 Å². The molecule has 0 aromatic carbocycles. The van der Waals surface area contributed by atoms with Crippen LogP contribution in [0.25, 0.3) is 0 Å². The maximum absolute atomic E-state index is 10.1. The summed E-state index contributed by atoms with van der Waals surface area (Å²) in [4.78, 5) is 10.1. The average molecular weight is 134 g/mol. The van der Waals surface area contributed by atoms with Gasteiger partial charge in [0.1, 0.15) is 0 Å². The van der Waals surface area contributed by atoms with Gasteiger partial charge in [-0.15, -0.1) is 0 Å². The fraction of sp³-hybridized carbons (Fsp3) is 0.750. The molecule has 0 fully saturated rings. The summed E-state index contributed by atoms with van der Waals surface area (Å²) >= 11 is 1.03. The predicted octanol–water partition coefficient (Wildman–Crippen LogP) is 0.665. The molecule has 0 spiro atoms. The maximum atomic E-state index is 10.1. The van der Waals surface area contributed by atoms with Crippen molar-refractivity contribution in [1.82, 2.24) is 4.31 Å². The summed E-state index contributed by atoms with van der Waals surface area (Å²) in [6, 6.07) is 0. The molecule has 0 aromatic heterocycles. The van der Waals surface area contributed by atoms with Crippen LogP contribution in [0.2, 0.25) is 0 Å². The molecule has 0 saturated heterocycles. The molecule has 0 bridgehead atoms. The number of rotatable bonds is 2. The number of nitrogens with two attached hydrogens (primary N) is 1.